The van der Waals surface area contributed by atoms with Gasteiger partial charge in [0.2, 0.25) is 5.91 Å². The number of rotatable bonds is 7. The second kappa shape index (κ2) is 11.6. The maximum absolute atomic E-state index is 13.7. The van der Waals surface area contributed by atoms with E-state index in [1.165, 1.54) is 4.90 Å². The van der Waals surface area contributed by atoms with Crippen molar-refractivity contribution >= 4 is 36.5 Å². The fraction of sp³-hybridized carbons (Fsp3) is 0.514. The maximum Gasteiger partial charge on any atom is 0.411 e. The summed E-state index contributed by atoms with van der Waals surface area (Å²) in [5, 5.41) is 2.01. The number of carbonyl (C=O) groups is 3. The van der Waals surface area contributed by atoms with Crippen LogP contribution < -0.4 is 16.1 Å². The molecule has 232 valence electrons. The van der Waals surface area contributed by atoms with Crippen LogP contribution in [0.3, 0.4) is 0 Å². The minimum Gasteiger partial charge on any atom is -0.537 e. The second-order valence-corrected chi connectivity index (χ2v) is 18.8. The molecular formula is C35H48N2O5Si. The Hall–Kier alpha value is -3.39. The van der Waals surface area contributed by atoms with E-state index in [9.17, 15) is 14.4 Å². The molecule has 0 radical (unpaired) electrons. The lowest BCUT2D eigenvalue weighted by Gasteiger charge is -2.49. The van der Waals surface area contributed by atoms with Crippen LogP contribution >= 0.6 is 0 Å². The topological polar surface area (TPSA) is 98.9 Å². The Balaban J connectivity index is 1.79. The Morgan fingerprint density at radius 1 is 0.953 bits per heavy atom. The van der Waals surface area contributed by atoms with E-state index >= 15 is 0 Å². The van der Waals surface area contributed by atoms with Crippen molar-refractivity contribution in [2.75, 3.05) is 6.54 Å². The van der Waals surface area contributed by atoms with Gasteiger partial charge in [-0.3, -0.25) is 14.5 Å². The summed E-state index contributed by atoms with van der Waals surface area (Å²) in [7, 11) is -2.98. The third-order valence-corrected chi connectivity index (χ3v) is 14.1. The van der Waals surface area contributed by atoms with Gasteiger partial charge in [0.15, 0.2) is 0 Å². The van der Waals surface area contributed by atoms with Gasteiger partial charge in [-0.2, -0.15) is 0 Å². The largest absolute Gasteiger partial charge is 0.537 e. The van der Waals surface area contributed by atoms with Gasteiger partial charge in [0, 0.05) is 24.3 Å². The average Bonchev–Trinajstić information content (AvgIpc) is 3.36. The van der Waals surface area contributed by atoms with Crippen molar-refractivity contribution in [3.05, 3.63) is 72.5 Å². The van der Waals surface area contributed by atoms with Crippen LogP contribution in [0.4, 0.5) is 4.79 Å². The third kappa shape index (κ3) is 6.03. The van der Waals surface area contributed by atoms with Crippen molar-refractivity contribution in [2.24, 2.45) is 17.1 Å². The quantitative estimate of drug-likeness (QED) is 0.409. The first-order chi connectivity index (χ1) is 20.0. The third-order valence-electron chi connectivity index (χ3n) is 9.17. The Morgan fingerprint density at radius 3 is 1.95 bits per heavy atom. The Kier molecular flexibility index (Phi) is 8.77. The number of ketones is 1. The van der Waals surface area contributed by atoms with Crippen LogP contribution in [0.1, 0.15) is 81.1 Å². The minimum absolute atomic E-state index is 0.0106. The number of carbonyl (C=O) groups excluding carboxylic acids is 3. The summed E-state index contributed by atoms with van der Waals surface area (Å²) in [5.74, 6) is -0.450. The molecule has 7 nitrogen and oxygen atoms in total. The van der Waals surface area contributed by atoms with Crippen molar-refractivity contribution < 1.29 is 23.5 Å². The number of likely N-dealkylation sites (tertiary alicyclic amines) is 1. The molecule has 43 heavy (non-hydrogen) atoms. The fourth-order valence-electron chi connectivity index (χ4n) is 6.90. The number of benzene rings is 2. The monoisotopic (exact) mass is 604 g/mol. The maximum atomic E-state index is 13.7. The summed E-state index contributed by atoms with van der Waals surface area (Å²) < 4.78 is 13.1. The summed E-state index contributed by atoms with van der Waals surface area (Å²) in [6.45, 7) is 16.4. The van der Waals surface area contributed by atoms with E-state index in [1.54, 1.807) is 20.8 Å². The number of allylic oxidation sites excluding steroid dienone is 2. The summed E-state index contributed by atoms with van der Waals surface area (Å²) >= 11 is 0. The van der Waals surface area contributed by atoms with Crippen molar-refractivity contribution in [3.63, 3.8) is 0 Å². The number of primary amides is 1. The predicted molar refractivity (Wildman–Crippen MR) is 172 cm³/mol. The molecule has 1 fully saturated rings. The number of ether oxygens (including phenoxy) is 1. The van der Waals surface area contributed by atoms with Crippen LogP contribution in [-0.4, -0.2) is 48.7 Å². The van der Waals surface area contributed by atoms with Crippen molar-refractivity contribution in [2.45, 2.75) is 97.3 Å². The molecule has 2 atom stereocenters. The first-order valence-electron chi connectivity index (χ1n) is 15.3. The van der Waals surface area contributed by atoms with Crippen LogP contribution in [0.5, 0.6) is 0 Å². The Bertz CT molecular complexity index is 1330. The summed E-state index contributed by atoms with van der Waals surface area (Å²) in [4.78, 5) is 41.8. The average molecular weight is 605 g/mol. The molecule has 2 amide bonds. The zero-order chi connectivity index (χ0) is 31.8. The first kappa shape index (κ1) is 32.5. The minimum atomic E-state index is -2.98. The van der Waals surface area contributed by atoms with Crippen LogP contribution in [0, 0.1) is 11.3 Å². The fourth-order valence-corrected chi connectivity index (χ4v) is 11.5. The molecule has 2 N–H and O–H groups in total. The molecule has 0 unspecified atom stereocenters. The van der Waals surface area contributed by atoms with Crippen molar-refractivity contribution in [1.82, 2.24) is 4.90 Å². The van der Waals surface area contributed by atoms with Gasteiger partial charge < -0.3 is 14.9 Å². The first-order valence-corrected chi connectivity index (χ1v) is 17.2. The highest BCUT2D eigenvalue weighted by molar-refractivity contribution is 6.99. The highest BCUT2D eigenvalue weighted by Crippen LogP contribution is 2.50. The van der Waals surface area contributed by atoms with Crippen molar-refractivity contribution in [1.29, 1.82) is 0 Å². The van der Waals surface area contributed by atoms with Gasteiger partial charge in [0.05, 0.1) is 5.76 Å². The number of hydrogen-bond acceptors (Lipinski definition) is 5. The zero-order valence-electron chi connectivity index (χ0n) is 27.0. The summed E-state index contributed by atoms with van der Waals surface area (Å²) in [6.07, 6.45) is 2.64. The van der Waals surface area contributed by atoms with E-state index in [4.69, 9.17) is 14.9 Å². The molecule has 1 aliphatic heterocycles. The van der Waals surface area contributed by atoms with Crippen LogP contribution in [0.15, 0.2) is 72.5 Å². The molecular weight excluding hydrogens is 556 g/mol. The molecule has 0 aromatic heterocycles. The molecule has 1 saturated heterocycles. The van der Waals surface area contributed by atoms with E-state index in [-0.39, 0.29) is 23.7 Å². The normalized spacial score (nSPS) is 22.6. The molecule has 2 aromatic carbocycles. The van der Waals surface area contributed by atoms with Gasteiger partial charge in [-0.05, 0) is 61.5 Å². The van der Waals surface area contributed by atoms with Gasteiger partial charge in [-0.25, -0.2) is 4.79 Å². The van der Waals surface area contributed by atoms with E-state index in [0.29, 0.717) is 19.4 Å². The van der Waals surface area contributed by atoms with Crippen LogP contribution in [0.25, 0.3) is 0 Å². The lowest BCUT2D eigenvalue weighted by atomic mass is 9.65. The molecule has 0 saturated carbocycles. The standard InChI is InChI=1S/C35H48N2O5Si/c1-32(2,3)41-31(40)37-23-15-22-35(37,30(36)39)24-27-28(38)20-21-29(34(27,7)8)42-43(33(4,5)6,25-16-11-9-12-17-25)26-18-13-10-14-19-26/h9-14,16-19,21,27H,15,20,22-24H2,1-8H3,(H2,36,39)/t27-,35+/m0/s1. The molecule has 8 heteroatoms. The lowest BCUT2D eigenvalue weighted by Crippen LogP contribution is -2.67. The highest BCUT2D eigenvalue weighted by Gasteiger charge is 2.58. The van der Waals surface area contributed by atoms with E-state index in [0.717, 1.165) is 16.1 Å². The van der Waals surface area contributed by atoms with E-state index in [1.807, 2.05) is 56.3 Å². The van der Waals surface area contributed by atoms with E-state index in [2.05, 4.69) is 45.0 Å². The van der Waals surface area contributed by atoms with Gasteiger partial charge >= 0.3 is 14.4 Å². The SMILES string of the molecule is CC(C)(C)OC(=O)N1CCC[C@@]1(C[C@H]1C(=O)CC=C(O[Si](c2ccccc2)(c2ccccc2)C(C)(C)C)C1(C)C)C(N)=O. The number of nitrogens with two attached hydrogens (primary N) is 1. The molecule has 0 bridgehead atoms. The smallest absolute Gasteiger partial charge is 0.411 e. The zero-order valence-corrected chi connectivity index (χ0v) is 28.0. The Labute approximate surface area is 257 Å². The van der Waals surface area contributed by atoms with Gasteiger partial charge in [0.1, 0.15) is 16.9 Å². The molecule has 1 aliphatic carbocycles. The predicted octanol–water partition coefficient (Wildman–Crippen LogP) is 5.71. The highest BCUT2D eigenvalue weighted by atomic mass is 28.4. The Morgan fingerprint density at radius 2 is 1.49 bits per heavy atom. The lowest BCUT2D eigenvalue weighted by molar-refractivity contribution is -0.134. The molecule has 1 heterocycles. The number of amides is 2. The van der Waals surface area contributed by atoms with Crippen molar-refractivity contribution in [3.8, 4) is 0 Å². The van der Waals surface area contributed by atoms with Crippen LogP contribution in [0.2, 0.25) is 5.04 Å². The number of hydrogen-bond donors (Lipinski definition) is 1. The number of Topliss-reactive ketones (excluding diaryl/α,β-unsaturated/α-hetero) is 1. The summed E-state index contributed by atoms with van der Waals surface area (Å²) in [6, 6.07) is 20.8. The number of nitrogens with zero attached hydrogens (tertiary/aromatic N) is 1. The molecule has 4 rings (SSSR count). The molecule has 2 aliphatic rings. The second-order valence-electron chi connectivity index (χ2n) is 14.6. The molecule has 2 aromatic rings. The van der Waals surface area contributed by atoms with Gasteiger partial charge in [-0.1, -0.05) is 95.3 Å². The van der Waals surface area contributed by atoms with Gasteiger partial charge in [-0.15, -0.1) is 0 Å². The summed E-state index contributed by atoms with van der Waals surface area (Å²) in [5.41, 5.74) is 3.26. The van der Waals surface area contributed by atoms with Gasteiger partial charge in [0.25, 0.3) is 0 Å². The van der Waals surface area contributed by atoms with E-state index < -0.39 is 42.8 Å². The molecule has 0 spiro atoms. The van der Waals surface area contributed by atoms with Crippen LogP contribution in [-0.2, 0) is 18.8 Å².